The molecule has 116 valence electrons. The Hall–Kier alpha value is -1.92. The van der Waals surface area contributed by atoms with E-state index < -0.39 is 11.9 Å². The molecule has 1 aromatic heterocycles. The molecule has 1 atom stereocenters. The summed E-state index contributed by atoms with van der Waals surface area (Å²) in [5, 5.41) is 12.8. The molecular formula is C14H21N3O4. The maximum atomic E-state index is 12.0. The monoisotopic (exact) mass is 295 g/mol. The van der Waals surface area contributed by atoms with Gasteiger partial charge in [0.1, 0.15) is 0 Å². The summed E-state index contributed by atoms with van der Waals surface area (Å²) in [6, 6.07) is 0. The highest BCUT2D eigenvalue weighted by Crippen LogP contribution is 2.18. The quantitative estimate of drug-likeness (QED) is 0.814. The minimum atomic E-state index is -0.820. The molecule has 0 spiro atoms. The Kier molecular flexibility index (Phi) is 5.30. The molecule has 0 saturated carbocycles. The van der Waals surface area contributed by atoms with E-state index in [1.54, 1.807) is 4.90 Å². The lowest BCUT2D eigenvalue weighted by atomic mass is 10.1. The molecular weight excluding hydrogens is 274 g/mol. The van der Waals surface area contributed by atoms with Crippen LogP contribution < -0.4 is 0 Å². The number of likely N-dealkylation sites (tertiary alicyclic amines) is 1. The van der Waals surface area contributed by atoms with Crippen LogP contribution in [0.5, 0.6) is 0 Å². The maximum Gasteiger partial charge on any atom is 0.308 e. The highest BCUT2D eigenvalue weighted by molar-refractivity contribution is 5.78. The van der Waals surface area contributed by atoms with Crippen LogP contribution in [-0.4, -0.2) is 45.1 Å². The first-order chi connectivity index (χ1) is 10.1. The second-order valence-electron chi connectivity index (χ2n) is 5.37. The number of amides is 1. The fraction of sp³-hybridized carbons (Fsp3) is 0.714. The van der Waals surface area contributed by atoms with Crippen molar-refractivity contribution in [3.8, 4) is 0 Å². The fourth-order valence-corrected chi connectivity index (χ4v) is 2.45. The Bertz CT molecular complexity index is 500. The predicted octanol–water partition coefficient (Wildman–Crippen LogP) is 1.28. The summed E-state index contributed by atoms with van der Waals surface area (Å²) in [7, 11) is 0. The molecule has 1 saturated heterocycles. The molecule has 1 fully saturated rings. The van der Waals surface area contributed by atoms with Crippen LogP contribution in [0.4, 0.5) is 0 Å². The zero-order valence-electron chi connectivity index (χ0n) is 12.2. The first kappa shape index (κ1) is 15.5. The molecule has 0 radical (unpaired) electrons. The maximum absolute atomic E-state index is 12.0. The zero-order chi connectivity index (χ0) is 15.2. The Labute approximate surface area is 123 Å². The van der Waals surface area contributed by atoms with Gasteiger partial charge in [-0.2, -0.15) is 4.98 Å². The average molecular weight is 295 g/mol. The molecule has 1 N–H and O–H groups in total. The van der Waals surface area contributed by atoms with Gasteiger partial charge in [0.15, 0.2) is 5.82 Å². The summed E-state index contributed by atoms with van der Waals surface area (Å²) >= 11 is 0. The van der Waals surface area contributed by atoms with Crippen LogP contribution in [0.15, 0.2) is 4.52 Å². The first-order valence-corrected chi connectivity index (χ1v) is 7.42. The van der Waals surface area contributed by atoms with E-state index >= 15 is 0 Å². The van der Waals surface area contributed by atoms with E-state index in [0.717, 1.165) is 12.8 Å². The molecule has 2 rings (SSSR count). The van der Waals surface area contributed by atoms with Crippen LogP contribution in [0.2, 0.25) is 0 Å². The summed E-state index contributed by atoms with van der Waals surface area (Å²) in [5.41, 5.74) is 0. The molecule has 0 bridgehead atoms. The largest absolute Gasteiger partial charge is 0.481 e. The molecule has 1 unspecified atom stereocenters. The summed E-state index contributed by atoms with van der Waals surface area (Å²) in [4.78, 5) is 28.7. The summed E-state index contributed by atoms with van der Waals surface area (Å²) in [5.74, 6) is 0.0481. The SMILES string of the molecule is CCCc1noc(CCCC(=O)N2CCC(C(=O)O)C2)n1. The molecule has 0 aromatic carbocycles. The van der Waals surface area contributed by atoms with E-state index in [0.29, 0.717) is 50.5 Å². The van der Waals surface area contributed by atoms with Crippen LogP contribution >= 0.6 is 0 Å². The van der Waals surface area contributed by atoms with Crippen molar-refractivity contribution in [3.63, 3.8) is 0 Å². The number of carboxylic acid groups (broad SMARTS) is 1. The van der Waals surface area contributed by atoms with Crippen molar-refractivity contribution >= 4 is 11.9 Å². The lowest BCUT2D eigenvalue weighted by Gasteiger charge is -2.15. The Morgan fingerprint density at radius 1 is 1.43 bits per heavy atom. The van der Waals surface area contributed by atoms with Gasteiger partial charge >= 0.3 is 5.97 Å². The van der Waals surface area contributed by atoms with Gasteiger partial charge in [0.05, 0.1) is 5.92 Å². The smallest absolute Gasteiger partial charge is 0.308 e. The normalized spacial score (nSPS) is 18.1. The molecule has 1 amide bonds. The molecule has 2 heterocycles. The number of aryl methyl sites for hydroxylation is 2. The second kappa shape index (κ2) is 7.19. The average Bonchev–Trinajstić information content (AvgIpc) is 3.08. The predicted molar refractivity (Wildman–Crippen MR) is 73.6 cm³/mol. The molecule has 1 aliphatic rings. The van der Waals surface area contributed by atoms with Gasteiger partial charge in [0, 0.05) is 32.4 Å². The molecule has 7 heteroatoms. The summed E-state index contributed by atoms with van der Waals surface area (Å²) < 4.78 is 5.11. The topological polar surface area (TPSA) is 96.5 Å². The third kappa shape index (κ3) is 4.27. The van der Waals surface area contributed by atoms with Crippen molar-refractivity contribution in [2.75, 3.05) is 13.1 Å². The number of carbonyl (C=O) groups is 2. The Balaban J connectivity index is 1.70. The van der Waals surface area contributed by atoms with Crippen molar-refractivity contribution < 1.29 is 19.2 Å². The van der Waals surface area contributed by atoms with Gasteiger partial charge in [-0.15, -0.1) is 0 Å². The fourth-order valence-electron chi connectivity index (χ4n) is 2.45. The molecule has 7 nitrogen and oxygen atoms in total. The van der Waals surface area contributed by atoms with Crippen molar-refractivity contribution in [2.24, 2.45) is 5.92 Å². The highest BCUT2D eigenvalue weighted by atomic mass is 16.5. The van der Waals surface area contributed by atoms with Crippen LogP contribution in [-0.2, 0) is 22.4 Å². The van der Waals surface area contributed by atoms with Crippen molar-refractivity contribution in [2.45, 2.75) is 45.4 Å². The first-order valence-electron chi connectivity index (χ1n) is 7.42. The van der Waals surface area contributed by atoms with Crippen molar-refractivity contribution in [3.05, 3.63) is 11.7 Å². The van der Waals surface area contributed by atoms with Crippen LogP contribution in [0.25, 0.3) is 0 Å². The number of hydrogen-bond donors (Lipinski definition) is 1. The summed E-state index contributed by atoms with van der Waals surface area (Å²) in [6.45, 7) is 2.92. The number of rotatable bonds is 7. The van der Waals surface area contributed by atoms with E-state index in [1.807, 2.05) is 0 Å². The number of aliphatic carboxylic acids is 1. The number of aromatic nitrogens is 2. The standard InChI is InChI=1S/C14H21N3O4/c1-2-4-11-15-12(21-16-11)5-3-6-13(18)17-8-7-10(9-17)14(19)20/h10H,2-9H2,1H3,(H,19,20). The Morgan fingerprint density at radius 3 is 2.90 bits per heavy atom. The van der Waals surface area contributed by atoms with Crippen molar-refractivity contribution in [1.29, 1.82) is 0 Å². The minimum Gasteiger partial charge on any atom is -0.481 e. The van der Waals surface area contributed by atoms with Gasteiger partial charge in [-0.3, -0.25) is 9.59 Å². The van der Waals surface area contributed by atoms with Crippen LogP contribution in [0.1, 0.15) is 44.3 Å². The number of hydrogen-bond acceptors (Lipinski definition) is 5. The lowest BCUT2D eigenvalue weighted by molar-refractivity contribution is -0.141. The van der Waals surface area contributed by atoms with Crippen LogP contribution in [0.3, 0.4) is 0 Å². The third-order valence-electron chi connectivity index (χ3n) is 3.66. The van der Waals surface area contributed by atoms with Gasteiger partial charge in [-0.25, -0.2) is 0 Å². The van der Waals surface area contributed by atoms with Crippen molar-refractivity contribution in [1.82, 2.24) is 15.0 Å². The molecule has 1 aliphatic heterocycles. The van der Waals surface area contributed by atoms with E-state index in [1.165, 1.54) is 0 Å². The van der Waals surface area contributed by atoms with Gasteiger partial charge in [-0.1, -0.05) is 12.1 Å². The van der Waals surface area contributed by atoms with E-state index in [4.69, 9.17) is 9.63 Å². The molecule has 0 aliphatic carbocycles. The molecule has 1 aromatic rings. The number of carboxylic acids is 1. The molecule has 21 heavy (non-hydrogen) atoms. The Morgan fingerprint density at radius 2 is 2.24 bits per heavy atom. The number of carbonyl (C=O) groups excluding carboxylic acids is 1. The zero-order valence-corrected chi connectivity index (χ0v) is 12.2. The van der Waals surface area contributed by atoms with Gasteiger partial charge in [0.2, 0.25) is 11.8 Å². The second-order valence-corrected chi connectivity index (χ2v) is 5.37. The van der Waals surface area contributed by atoms with E-state index in [2.05, 4.69) is 17.1 Å². The van der Waals surface area contributed by atoms with E-state index in [-0.39, 0.29) is 5.91 Å². The lowest BCUT2D eigenvalue weighted by Crippen LogP contribution is -2.29. The summed E-state index contributed by atoms with van der Waals surface area (Å²) in [6.07, 6.45) is 3.92. The third-order valence-corrected chi connectivity index (χ3v) is 3.66. The van der Waals surface area contributed by atoms with Gasteiger partial charge < -0.3 is 14.5 Å². The van der Waals surface area contributed by atoms with Crippen LogP contribution in [0, 0.1) is 5.92 Å². The van der Waals surface area contributed by atoms with Gasteiger partial charge in [-0.05, 0) is 19.3 Å². The highest BCUT2D eigenvalue weighted by Gasteiger charge is 2.30. The minimum absolute atomic E-state index is 0.00652. The number of nitrogens with zero attached hydrogens (tertiary/aromatic N) is 3. The van der Waals surface area contributed by atoms with Gasteiger partial charge in [0.25, 0.3) is 0 Å². The van der Waals surface area contributed by atoms with E-state index in [9.17, 15) is 9.59 Å².